The van der Waals surface area contributed by atoms with Gasteiger partial charge in [-0.1, -0.05) is 0 Å². The fraction of sp³-hybridized carbons (Fsp3) is 0.400. The molecular weight excluding hydrogens is 196 g/mol. The molecule has 1 saturated heterocycles. The number of rotatable bonds is 3. The Morgan fingerprint density at radius 2 is 1.87 bits per heavy atom. The van der Waals surface area contributed by atoms with Crippen LogP contribution < -0.4 is 0 Å². The van der Waals surface area contributed by atoms with Crippen molar-refractivity contribution in [2.24, 2.45) is 5.92 Å². The van der Waals surface area contributed by atoms with E-state index in [1.807, 2.05) is 24.5 Å². The van der Waals surface area contributed by atoms with Gasteiger partial charge in [0.2, 0.25) is 5.91 Å². The summed E-state index contributed by atoms with van der Waals surface area (Å²) in [6.07, 6.45) is 3.62. The Kier molecular flexibility index (Phi) is 2.45. The van der Waals surface area contributed by atoms with E-state index in [1.165, 1.54) is 0 Å². The number of nitrogens with zero attached hydrogens (tertiary/aromatic N) is 2. The molecule has 2 rings (SSSR count). The Morgan fingerprint density at radius 1 is 1.27 bits per heavy atom. The van der Waals surface area contributed by atoms with Crippen molar-refractivity contribution in [3.05, 3.63) is 24.5 Å². The summed E-state index contributed by atoms with van der Waals surface area (Å²) in [7, 11) is 0. The van der Waals surface area contributed by atoms with Crippen molar-refractivity contribution in [2.45, 2.75) is 6.54 Å². The molecule has 1 aromatic rings. The number of hydrogen-bond acceptors (Lipinski definition) is 2. The molecule has 1 fully saturated rings. The van der Waals surface area contributed by atoms with E-state index in [0.29, 0.717) is 19.6 Å². The van der Waals surface area contributed by atoms with Gasteiger partial charge < -0.3 is 14.6 Å². The van der Waals surface area contributed by atoms with Gasteiger partial charge in [-0.25, -0.2) is 0 Å². The third-order valence-corrected chi connectivity index (χ3v) is 2.57. The fourth-order valence-corrected chi connectivity index (χ4v) is 1.57. The summed E-state index contributed by atoms with van der Waals surface area (Å²) in [5, 5.41) is 8.65. The molecule has 1 aliphatic heterocycles. The van der Waals surface area contributed by atoms with Gasteiger partial charge in [-0.15, -0.1) is 0 Å². The van der Waals surface area contributed by atoms with E-state index in [4.69, 9.17) is 5.11 Å². The molecule has 1 aliphatic rings. The maximum Gasteiger partial charge on any atom is 0.310 e. The lowest BCUT2D eigenvalue weighted by molar-refractivity contribution is -0.153. The molecule has 15 heavy (non-hydrogen) atoms. The highest BCUT2D eigenvalue weighted by Gasteiger charge is 2.35. The fourth-order valence-electron chi connectivity index (χ4n) is 1.57. The molecule has 0 unspecified atom stereocenters. The van der Waals surface area contributed by atoms with Crippen LogP contribution in [0.15, 0.2) is 24.5 Å². The summed E-state index contributed by atoms with van der Waals surface area (Å²) in [4.78, 5) is 23.7. The molecule has 80 valence electrons. The predicted octanol–water partition coefficient (Wildman–Crippen LogP) is 0.0311. The normalized spacial score (nSPS) is 16.1. The minimum absolute atomic E-state index is 0.0244. The predicted molar refractivity (Wildman–Crippen MR) is 52.1 cm³/mol. The van der Waals surface area contributed by atoms with Crippen LogP contribution in [0.25, 0.3) is 0 Å². The van der Waals surface area contributed by atoms with Crippen molar-refractivity contribution in [3.8, 4) is 0 Å². The second-order valence-electron chi connectivity index (χ2n) is 3.69. The zero-order valence-electron chi connectivity index (χ0n) is 8.17. The zero-order chi connectivity index (χ0) is 10.8. The first kappa shape index (κ1) is 9.76. The molecule has 1 N–H and O–H groups in total. The van der Waals surface area contributed by atoms with Crippen molar-refractivity contribution >= 4 is 11.9 Å². The lowest BCUT2D eigenvalue weighted by Crippen LogP contribution is -2.53. The second-order valence-corrected chi connectivity index (χ2v) is 3.69. The molecule has 0 radical (unpaired) electrons. The van der Waals surface area contributed by atoms with Gasteiger partial charge in [-0.2, -0.15) is 0 Å². The summed E-state index contributed by atoms with van der Waals surface area (Å²) in [5.74, 6) is -1.22. The van der Waals surface area contributed by atoms with Gasteiger partial charge >= 0.3 is 5.97 Å². The molecule has 0 aromatic carbocycles. The Morgan fingerprint density at radius 3 is 2.40 bits per heavy atom. The van der Waals surface area contributed by atoms with Crippen LogP contribution in [0.2, 0.25) is 0 Å². The Labute approximate surface area is 86.9 Å². The largest absolute Gasteiger partial charge is 0.481 e. The number of carbonyl (C=O) groups is 2. The molecule has 0 aliphatic carbocycles. The minimum atomic E-state index is -0.819. The van der Waals surface area contributed by atoms with E-state index < -0.39 is 5.97 Å². The number of carbonyl (C=O) groups excluding carboxylic acids is 1. The van der Waals surface area contributed by atoms with E-state index in [9.17, 15) is 9.59 Å². The second kappa shape index (κ2) is 3.76. The van der Waals surface area contributed by atoms with Crippen LogP contribution >= 0.6 is 0 Å². The monoisotopic (exact) mass is 208 g/mol. The third kappa shape index (κ3) is 2.01. The number of carboxylic acid groups (broad SMARTS) is 1. The molecular formula is C10H12N2O3. The number of likely N-dealkylation sites (tertiary alicyclic amines) is 1. The Balaban J connectivity index is 1.82. The van der Waals surface area contributed by atoms with E-state index in [1.54, 1.807) is 9.47 Å². The van der Waals surface area contributed by atoms with Crippen molar-refractivity contribution < 1.29 is 14.7 Å². The number of aromatic nitrogens is 1. The summed E-state index contributed by atoms with van der Waals surface area (Å²) in [6, 6.07) is 3.70. The van der Waals surface area contributed by atoms with Crippen molar-refractivity contribution in [1.82, 2.24) is 9.47 Å². The molecule has 2 heterocycles. The van der Waals surface area contributed by atoms with Crippen LogP contribution in [0.5, 0.6) is 0 Å². The van der Waals surface area contributed by atoms with Crippen LogP contribution in [-0.4, -0.2) is 39.5 Å². The third-order valence-electron chi connectivity index (χ3n) is 2.57. The Hall–Kier alpha value is -1.78. The summed E-state index contributed by atoms with van der Waals surface area (Å²) < 4.78 is 1.77. The lowest BCUT2D eigenvalue weighted by atomic mass is 10.0. The highest BCUT2D eigenvalue weighted by Crippen LogP contribution is 2.15. The quantitative estimate of drug-likeness (QED) is 0.762. The molecule has 0 spiro atoms. The van der Waals surface area contributed by atoms with Gasteiger partial charge in [0.05, 0.1) is 5.92 Å². The van der Waals surface area contributed by atoms with Crippen LogP contribution in [0.3, 0.4) is 0 Å². The molecule has 0 bridgehead atoms. The number of amides is 1. The van der Waals surface area contributed by atoms with Crippen LogP contribution in [0.1, 0.15) is 0 Å². The molecule has 5 heteroatoms. The average molecular weight is 208 g/mol. The zero-order valence-corrected chi connectivity index (χ0v) is 8.17. The van der Waals surface area contributed by atoms with Crippen molar-refractivity contribution in [2.75, 3.05) is 13.1 Å². The summed E-state index contributed by atoms with van der Waals surface area (Å²) in [5.41, 5.74) is 0. The molecule has 0 saturated carbocycles. The average Bonchev–Trinajstić information content (AvgIpc) is 2.52. The van der Waals surface area contributed by atoms with Gasteiger partial charge in [-0.05, 0) is 12.1 Å². The topological polar surface area (TPSA) is 62.5 Å². The van der Waals surface area contributed by atoms with Gasteiger partial charge in [-0.3, -0.25) is 9.59 Å². The van der Waals surface area contributed by atoms with E-state index in [-0.39, 0.29) is 11.8 Å². The minimum Gasteiger partial charge on any atom is -0.481 e. The van der Waals surface area contributed by atoms with E-state index >= 15 is 0 Å². The van der Waals surface area contributed by atoms with Gasteiger partial charge in [0.1, 0.15) is 6.54 Å². The number of aliphatic carboxylic acids is 1. The maximum atomic E-state index is 11.6. The van der Waals surface area contributed by atoms with E-state index in [2.05, 4.69) is 0 Å². The smallest absolute Gasteiger partial charge is 0.310 e. The Bertz CT molecular complexity index is 366. The van der Waals surface area contributed by atoms with Crippen LogP contribution in [0, 0.1) is 5.92 Å². The van der Waals surface area contributed by atoms with Gasteiger partial charge in [0, 0.05) is 25.5 Å². The van der Waals surface area contributed by atoms with Gasteiger partial charge in [0.25, 0.3) is 0 Å². The maximum absolute atomic E-state index is 11.6. The highest BCUT2D eigenvalue weighted by molar-refractivity contribution is 5.80. The number of hydrogen-bond donors (Lipinski definition) is 1. The van der Waals surface area contributed by atoms with Crippen LogP contribution in [-0.2, 0) is 16.1 Å². The molecule has 1 amide bonds. The summed E-state index contributed by atoms with van der Waals surface area (Å²) >= 11 is 0. The van der Waals surface area contributed by atoms with Crippen LogP contribution in [0.4, 0.5) is 0 Å². The molecule has 5 nitrogen and oxygen atoms in total. The van der Waals surface area contributed by atoms with Crippen molar-refractivity contribution in [3.63, 3.8) is 0 Å². The molecule has 1 aromatic heterocycles. The highest BCUT2D eigenvalue weighted by atomic mass is 16.4. The van der Waals surface area contributed by atoms with Gasteiger partial charge in [0.15, 0.2) is 0 Å². The van der Waals surface area contributed by atoms with E-state index in [0.717, 1.165) is 0 Å². The first-order chi connectivity index (χ1) is 7.16. The summed E-state index contributed by atoms with van der Waals surface area (Å²) in [6.45, 7) is 0.976. The first-order valence-corrected chi connectivity index (χ1v) is 4.78. The SMILES string of the molecule is O=C(O)C1CN(C(=O)Cn2cccc2)C1. The number of carboxylic acids is 1. The van der Waals surface area contributed by atoms with Crippen molar-refractivity contribution in [1.29, 1.82) is 0 Å². The molecule has 0 atom stereocenters. The lowest BCUT2D eigenvalue weighted by Gasteiger charge is -2.36. The first-order valence-electron chi connectivity index (χ1n) is 4.78. The standard InChI is InChI=1S/C10H12N2O3/c13-9(7-11-3-1-2-4-11)12-5-8(6-12)10(14)15/h1-4,8H,5-7H2,(H,14,15).